The molecule has 2 N–H and O–H groups in total. The maximum absolute atomic E-state index is 11.2. The number of ether oxygens (including phenoxy) is 1. The van der Waals surface area contributed by atoms with Crippen LogP contribution < -0.4 is 10.6 Å². The molecule has 0 fully saturated rings. The standard InChI is InChI=1S/C10H19ClN2O3/c1-10(2,4-5-16-3)7-12-9(15)13-8(14)6-11/h4-7H2,1-3H3,(H2,12,13,14,15). The summed E-state index contributed by atoms with van der Waals surface area (Å²) in [5.74, 6) is -0.727. The zero-order chi connectivity index (χ0) is 12.6. The highest BCUT2D eigenvalue weighted by molar-refractivity contribution is 6.28. The molecule has 5 nitrogen and oxygen atoms in total. The van der Waals surface area contributed by atoms with Crippen LogP contribution in [0.5, 0.6) is 0 Å². The molecule has 0 aromatic heterocycles. The molecule has 0 aromatic carbocycles. The van der Waals surface area contributed by atoms with Gasteiger partial charge in [0.25, 0.3) is 0 Å². The van der Waals surface area contributed by atoms with E-state index >= 15 is 0 Å². The maximum atomic E-state index is 11.2. The normalized spacial score (nSPS) is 11.0. The monoisotopic (exact) mass is 250 g/mol. The second-order valence-electron chi connectivity index (χ2n) is 4.27. The lowest BCUT2D eigenvalue weighted by Gasteiger charge is -2.24. The van der Waals surface area contributed by atoms with E-state index in [9.17, 15) is 9.59 Å². The minimum absolute atomic E-state index is 0.0721. The predicted octanol–water partition coefficient (Wildman–Crippen LogP) is 1.11. The lowest BCUT2D eigenvalue weighted by atomic mass is 9.90. The first-order valence-electron chi connectivity index (χ1n) is 5.04. The number of amides is 3. The van der Waals surface area contributed by atoms with Crippen molar-refractivity contribution < 1.29 is 14.3 Å². The van der Waals surface area contributed by atoms with Crippen molar-refractivity contribution in [3.63, 3.8) is 0 Å². The summed E-state index contributed by atoms with van der Waals surface area (Å²) < 4.78 is 4.97. The summed E-state index contributed by atoms with van der Waals surface area (Å²) in [6.07, 6.45) is 0.827. The molecule has 0 heterocycles. The van der Waals surface area contributed by atoms with Crippen LogP contribution in [0.4, 0.5) is 4.79 Å². The molecule has 0 radical (unpaired) electrons. The topological polar surface area (TPSA) is 67.4 Å². The summed E-state index contributed by atoms with van der Waals surface area (Å²) in [5, 5.41) is 4.72. The molecule has 0 saturated heterocycles. The Bertz CT molecular complexity index is 244. The van der Waals surface area contributed by atoms with Crippen LogP contribution in [-0.2, 0) is 9.53 Å². The van der Waals surface area contributed by atoms with Gasteiger partial charge < -0.3 is 10.1 Å². The van der Waals surface area contributed by atoms with E-state index < -0.39 is 11.9 Å². The Kier molecular flexibility index (Phi) is 7.08. The molecule has 0 saturated carbocycles. The van der Waals surface area contributed by atoms with E-state index in [0.29, 0.717) is 13.2 Å². The zero-order valence-corrected chi connectivity index (χ0v) is 10.7. The second-order valence-corrected chi connectivity index (χ2v) is 4.54. The number of carbonyl (C=O) groups excluding carboxylic acids is 2. The van der Waals surface area contributed by atoms with Gasteiger partial charge in [-0.1, -0.05) is 13.8 Å². The number of urea groups is 1. The van der Waals surface area contributed by atoms with Crippen molar-refractivity contribution >= 4 is 23.5 Å². The number of hydrogen-bond donors (Lipinski definition) is 2. The van der Waals surface area contributed by atoms with E-state index in [2.05, 4.69) is 10.6 Å². The van der Waals surface area contributed by atoms with Crippen molar-refractivity contribution in [3.05, 3.63) is 0 Å². The predicted molar refractivity (Wildman–Crippen MR) is 62.5 cm³/mol. The molecule has 0 atom stereocenters. The van der Waals surface area contributed by atoms with Crippen molar-refractivity contribution in [1.82, 2.24) is 10.6 Å². The Balaban J connectivity index is 3.85. The quantitative estimate of drug-likeness (QED) is 0.694. The first-order valence-corrected chi connectivity index (χ1v) is 5.57. The molecule has 0 rings (SSSR count). The largest absolute Gasteiger partial charge is 0.385 e. The number of imide groups is 1. The molecule has 94 valence electrons. The lowest BCUT2D eigenvalue weighted by Crippen LogP contribution is -2.43. The first kappa shape index (κ1) is 15.2. The van der Waals surface area contributed by atoms with Crippen molar-refractivity contribution in [2.45, 2.75) is 20.3 Å². The van der Waals surface area contributed by atoms with Gasteiger partial charge in [0.15, 0.2) is 0 Å². The van der Waals surface area contributed by atoms with Gasteiger partial charge in [0.1, 0.15) is 5.88 Å². The van der Waals surface area contributed by atoms with Gasteiger partial charge in [0, 0.05) is 20.3 Å². The molecule has 0 aromatic rings. The number of carbonyl (C=O) groups is 2. The van der Waals surface area contributed by atoms with Gasteiger partial charge in [0.2, 0.25) is 5.91 Å². The van der Waals surface area contributed by atoms with E-state index in [0.717, 1.165) is 6.42 Å². The minimum Gasteiger partial charge on any atom is -0.385 e. The smallest absolute Gasteiger partial charge is 0.321 e. The number of methoxy groups -OCH3 is 1. The van der Waals surface area contributed by atoms with Crippen LogP contribution in [0.1, 0.15) is 20.3 Å². The van der Waals surface area contributed by atoms with Crippen LogP contribution in [0.15, 0.2) is 0 Å². The third-order valence-corrected chi connectivity index (χ3v) is 2.33. The molecule has 0 aliphatic carbocycles. The van der Waals surface area contributed by atoms with Gasteiger partial charge in [-0.25, -0.2) is 4.79 Å². The van der Waals surface area contributed by atoms with Crippen LogP contribution in [0.3, 0.4) is 0 Å². The Labute approximate surface area is 101 Å². The third-order valence-electron chi connectivity index (χ3n) is 2.08. The molecular weight excluding hydrogens is 232 g/mol. The molecule has 6 heteroatoms. The fourth-order valence-electron chi connectivity index (χ4n) is 0.991. The fraction of sp³-hybridized carbons (Fsp3) is 0.800. The number of nitrogens with one attached hydrogen (secondary N) is 2. The minimum atomic E-state index is -0.517. The summed E-state index contributed by atoms with van der Waals surface area (Å²) in [6.45, 7) is 5.13. The number of rotatable bonds is 6. The van der Waals surface area contributed by atoms with Crippen LogP contribution >= 0.6 is 11.6 Å². The van der Waals surface area contributed by atoms with E-state index in [1.165, 1.54) is 0 Å². The zero-order valence-electron chi connectivity index (χ0n) is 9.93. The number of alkyl halides is 1. The number of hydrogen-bond acceptors (Lipinski definition) is 3. The van der Waals surface area contributed by atoms with Crippen LogP contribution in [-0.4, -0.2) is 38.1 Å². The van der Waals surface area contributed by atoms with Gasteiger partial charge in [-0.3, -0.25) is 10.1 Å². The Morgan fingerprint density at radius 2 is 2.00 bits per heavy atom. The molecule has 0 spiro atoms. The Hall–Kier alpha value is -0.810. The Morgan fingerprint density at radius 1 is 1.38 bits per heavy atom. The van der Waals surface area contributed by atoms with E-state index in [4.69, 9.17) is 16.3 Å². The average molecular weight is 251 g/mol. The van der Waals surface area contributed by atoms with Crippen molar-refractivity contribution in [2.24, 2.45) is 5.41 Å². The highest BCUT2D eigenvalue weighted by atomic mass is 35.5. The highest BCUT2D eigenvalue weighted by Crippen LogP contribution is 2.18. The van der Waals surface area contributed by atoms with Crippen molar-refractivity contribution in [1.29, 1.82) is 0 Å². The highest BCUT2D eigenvalue weighted by Gasteiger charge is 2.18. The summed E-state index contributed by atoms with van der Waals surface area (Å²) in [4.78, 5) is 22.0. The average Bonchev–Trinajstić information content (AvgIpc) is 2.24. The molecule has 0 aliphatic heterocycles. The summed E-state index contributed by atoms with van der Waals surface area (Å²) in [6, 6.07) is -0.517. The third kappa shape index (κ3) is 7.48. The molecule has 0 unspecified atom stereocenters. The van der Waals surface area contributed by atoms with Gasteiger partial charge in [-0.15, -0.1) is 11.6 Å². The van der Waals surface area contributed by atoms with Gasteiger partial charge in [0.05, 0.1) is 0 Å². The molecular formula is C10H19ClN2O3. The van der Waals surface area contributed by atoms with Gasteiger partial charge in [-0.05, 0) is 11.8 Å². The summed E-state index contributed by atoms with van der Waals surface area (Å²) in [5.41, 5.74) is -0.0721. The van der Waals surface area contributed by atoms with Crippen LogP contribution in [0.2, 0.25) is 0 Å². The van der Waals surface area contributed by atoms with Gasteiger partial charge in [-0.2, -0.15) is 0 Å². The van der Waals surface area contributed by atoms with E-state index in [-0.39, 0.29) is 11.3 Å². The van der Waals surface area contributed by atoms with E-state index in [1.807, 2.05) is 13.8 Å². The van der Waals surface area contributed by atoms with E-state index in [1.54, 1.807) is 7.11 Å². The number of halogens is 1. The van der Waals surface area contributed by atoms with Crippen LogP contribution in [0.25, 0.3) is 0 Å². The molecule has 0 bridgehead atoms. The summed E-state index contributed by atoms with van der Waals surface area (Å²) in [7, 11) is 1.63. The fourth-order valence-corrected chi connectivity index (χ4v) is 1.06. The van der Waals surface area contributed by atoms with Crippen molar-refractivity contribution in [2.75, 3.05) is 26.1 Å². The summed E-state index contributed by atoms with van der Waals surface area (Å²) >= 11 is 5.25. The first-order chi connectivity index (χ1) is 7.41. The SMILES string of the molecule is COCCC(C)(C)CNC(=O)NC(=O)CCl. The van der Waals surface area contributed by atoms with Crippen molar-refractivity contribution in [3.8, 4) is 0 Å². The molecule has 3 amide bonds. The second kappa shape index (κ2) is 7.46. The van der Waals surface area contributed by atoms with Crippen LogP contribution in [0, 0.1) is 5.41 Å². The molecule has 0 aliphatic rings. The Morgan fingerprint density at radius 3 is 2.50 bits per heavy atom. The van der Waals surface area contributed by atoms with Gasteiger partial charge >= 0.3 is 6.03 Å². The molecule has 16 heavy (non-hydrogen) atoms. The lowest BCUT2D eigenvalue weighted by molar-refractivity contribution is -0.117. The maximum Gasteiger partial charge on any atom is 0.321 e.